The Bertz CT molecular complexity index is 614. The number of carbonyl (C=O) groups is 1. The van der Waals surface area contributed by atoms with E-state index in [1.54, 1.807) is 12.1 Å². The van der Waals surface area contributed by atoms with Gasteiger partial charge in [-0.15, -0.1) is 0 Å². The Labute approximate surface area is 103 Å². The smallest absolute Gasteiger partial charge is 0.336 e. The van der Waals surface area contributed by atoms with Crippen molar-refractivity contribution in [3.63, 3.8) is 0 Å². The summed E-state index contributed by atoms with van der Waals surface area (Å²) < 4.78 is 14.9. The zero-order valence-corrected chi connectivity index (χ0v) is 9.84. The number of benzene rings is 1. The highest BCUT2D eigenvalue weighted by Gasteiger charge is 2.03. The fourth-order valence-corrected chi connectivity index (χ4v) is 1.65. The Balaban J connectivity index is 2.21. The van der Waals surface area contributed by atoms with Gasteiger partial charge in [-0.25, -0.2) is 4.79 Å². The molecular formula is C13H12O5. The van der Waals surface area contributed by atoms with Crippen molar-refractivity contribution < 1.29 is 18.7 Å². The van der Waals surface area contributed by atoms with Gasteiger partial charge < -0.3 is 13.9 Å². The lowest BCUT2D eigenvalue weighted by atomic mass is 10.1. The third kappa shape index (κ3) is 2.68. The van der Waals surface area contributed by atoms with Gasteiger partial charge >= 0.3 is 5.63 Å². The van der Waals surface area contributed by atoms with Gasteiger partial charge in [0.1, 0.15) is 24.5 Å². The third-order valence-corrected chi connectivity index (χ3v) is 2.46. The maximum Gasteiger partial charge on any atom is 0.336 e. The molecule has 1 aromatic heterocycles. The number of carbonyl (C=O) groups excluding carboxylic acids is 1. The second-order valence-corrected chi connectivity index (χ2v) is 3.72. The van der Waals surface area contributed by atoms with Gasteiger partial charge in [0.05, 0.1) is 0 Å². The van der Waals surface area contributed by atoms with E-state index in [2.05, 4.69) is 4.74 Å². The van der Waals surface area contributed by atoms with Crippen LogP contribution in [0.3, 0.4) is 0 Å². The molecule has 5 nitrogen and oxygen atoms in total. The Morgan fingerprint density at radius 1 is 1.28 bits per heavy atom. The standard InChI is InChI=1S/C13H12O5/c1-9-6-13(15)18-12-7-10(2-3-11(9)12)17-5-4-16-8-14/h2-3,6-8H,4-5H2,1H3. The molecule has 0 fully saturated rings. The van der Waals surface area contributed by atoms with Crippen LogP contribution in [0, 0.1) is 6.92 Å². The van der Waals surface area contributed by atoms with Crippen LogP contribution in [-0.2, 0) is 9.53 Å². The summed E-state index contributed by atoms with van der Waals surface area (Å²) in [6.45, 7) is 2.64. The Hall–Kier alpha value is -2.30. The largest absolute Gasteiger partial charge is 0.490 e. The SMILES string of the molecule is Cc1cc(=O)oc2cc(OCCOC=O)ccc12. The fraction of sp³-hybridized carbons (Fsp3) is 0.231. The minimum absolute atomic E-state index is 0.180. The van der Waals surface area contributed by atoms with Crippen molar-refractivity contribution in [3.05, 3.63) is 40.2 Å². The molecule has 0 radical (unpaired) electrons. The van der Waals surface area contributed by atoms with Crippen molar-refractivity contribution in [2.24, 2.45) is 0 Å². The molecule has 0 atom stereocenters. The molecule has 0 N–H and O–H groups in total. The maximum absolute atomic E-state index is 11.2. The molecule has 0 amide bonds. The minimum Gasteiger partial charge on any atom is -0.490 e. The van der Waals surface area contributed by atoms with Crippen LogP contribution in [0.15, 0.2) is 33.5 Å². The van der Waals surface area contributed by atoms with Gasteiger partial charge in [0.15, 0.2) is 0 Å². The Morgan fingerprint density at radius 2 is 2.11 bits per heavy atom. The molecule has 0 saturated carbocycles. The Morgan fingerprint density at radius 3 is 2.89 bits per heavy atom. The van der Waals surface area contributed by atoms with Gasteiger partial charge in [0.2, 0.25) is 0 Å². The second kappa shape index (κ2) is 5.35. The molecule has 2 aromatic rings. The van der Waals surface area contributed by atoms with E-state index < -0.39 is 0 Å². The summed E-state index contributed by atoms with van der Waals surface area (Å²) >= 11 is 0. The van der Waals surface area contributed by atoms with E-state index >= 15 is 0 Å². The third-order valence-electron chi connectivity index (χ3n) is 2.46. The van der Waals surface area contributed by atoms with Crippen LogP contribution in [0.25, 0.3) is 11.0 Å². The van der Waals surface area contributed by atoms with Crippen molar-refractivity contribution in [1.29, 1.82) is 0 Å². The number of hydrogen-bond donors (Lipinski definition) is 0. The number of fused-ring (bicyclic) bond motifs is 1. The summed E-state index contributed by atoms with van der Waals surface area (Å²) in [5.41, 5.74) is 0.951. The summed E-state index contributed by atoms with van der Waals surface area (Å²) in [5, 5.41) is 0.867. The lowest BCUT2D eigenvalue weighted by Crippen LogP contribution is -2.05. The summed E-state index contributed by atoms with van der Waals surface area (Å²) in [6.07, 6.45) is 0. The molecule has 0 saturated heterocycles. The normalized spacial score (nSPS) is 10.3. The van der Waals surface area contributed by atoms with E-state index in [-0.39, 0.29) is 18.8 Å². The first-order chi connectivity index (χ1) is 8.70. The van der Waals surface area contributed by atoms with Crippen LogP contribution in [0.5, 0.6) is 5.75 Å². The van der Waals surface area contributed by atoms with Crippen molar-refractivity contribution in [1.82, 2.24) is 0 Å². The van der Waals surface area contributed by atoms with Gasteiger partial charge in [-0.1, -0.05) is 0 Å². The first-order valence-electron chi connectivity index (χ1n) is 5.43. The Kier molecular flexibility index (Phi) is 3.62. The summed E-state index contributed by atoms with van der Waals surface area (Å²) in [7, 11) is 0. The van der Waals surface area contributed by atoms with Crippen LogP contribution in [0.4, 0.5) is 0 Å². The quantitative estimate of drug-likeness (QED) is 0.457. The summed E-state index contributed by atoms with van der Waals surface area (Å²) in [6, 6.07) is 6.69. The molecule has 0 aliphatic rings. The van der Waals surface area contributed by atoms with Crippen LogP contribution in [-0.4, -0.2) is 19.7 Å². The molecule has 0 aliphatic heterocycles. The average Bonchev–Trinajstić information content (AvgIpc) is 2.34. The predicted octanol–water partition coefficient (Wildman–Crippen LogP) is 1.65. The van der Waals surface area contributed by atoms with Crippen molar-refractivity contribution >= 4 is 17.4 Å². The first-order valence-corrected chi connectivity index (χ1v) is 5.43. The lowest BCUT2D eigenvalue weighted by Gasteiger charge is -2.06. The van der Waals surface area contributed by atoms with E-state index in [9.17, 15) is 9.59 Å². The lowest BCUT2D eigenvalue weighted by molar-refractivity contribution is -0.129. The molecule has 0 bridgehead atoms. The van der Waals surface area contributed by atoms with Gasteiger partial charge in [-0.3, -0.25) is 4.79 Å². The van der Waals surface area contributed by atoms with Crippen LogP contribution < -0.4 is 10.4 Å². The molecule has 2 rings (SSSR count). The van der Waals surface area contributed by atoms with E-state index in [4.69, 9.17) is 9.15 Å². The highest BCUT2D eigenvalue weighted by Crippen LogP contribution is 2.21. The molecule has 18 heavy (non-hydrogen) atoms. The van der Waals surface area contributed by atoms with E-state index in [1.165, 1.54) is 6.07 Å². The second-order valence-electron chi connectivity index (χ2n) is 3.72. The molecule has 0 spiro atoms. The van der Waals surface area contributed by atoms with Crippen molar-refractivity contribution in [2.75, 3.05) is 13.2 Å². The molecule has 1 aromatic carbocycles. The zero-order valence-electron chi connectivity index (χ0n) is 9.84. The van der Waals surface area contributed by atoms with Gasteiger partial charge in [-0.2, -0.15) is 0 Å². The van der Waals surface area contributed by atoms with E-state index in [0.29, 0.717) is 17.8 Å². The number of ether oxygens (including phenoxy) is 2. The van der Waals surface area contributed by atoms with Gasteiger partial charge in [0, 0.05) is 17.5 Å². The average molecular weight is 248 g/mol. The molecule has 0 unspecified atom stereocenters. The van der Waals surface area contributed by atoms with Crippen LogP contribution >= 0.6 is 0 Å². The zero-order chi connectivity index (χ0) is 13.0. The minimum atomic E-state index is -0.388. The fourth-order valence-electron chi connectivity index (χ4n) is 1.65. The monoisotopic (exact) mass is 248 g/mol. The molecule has 5 heteroatoms. The number of hydrogen-bond acceptors (Lipinski definition) is 5. The van der Waals surface area contributed by atoms with Crippen molar-refractivity contribution in [3.8, 4) is 5.75 Å². The maximum atomic E-state index is 11.2. The predicted molar refractivity (Wildman–Crippen MR) is 64.7 cm³/mol. The highest BCUT2D eigenvalue weighted by molar-refractivity contribution is 5.81. The van der Waals surface area contributed by atoms with Gasteiger partial charge in [-0.05, 0) is 24.6 Å². The molecular weight excluding hydrogens is 236 g/mol. The number of rotatable bonds is 5. The van der Waals surface area contributed by atoms with Crippen molar-refractivity contribution in [2.45, 2.75) is 6.92 Å². The molecule has 94 valence electrons. The van der Waals surface area contributed by atoms with E-state index in [0.717, 1.165) is 10.9 Å². The first kappa shape index (κ1) is 12.2. The summed E-state index contributed by atoms with van der Waals surface area (Å²) in [5.74, 6) is 0.561. The summed E-state index contributed by atoms with van der Waals surface area (Å²) in [4.78, 5) is 21.2. The van der Waals surface area contributed by atoms with Crippen LogP contribution in [0.2, 0.25) is 0 Å². The number of aryl methyl sites for hydroxylation is 1. The molecule has 0 aliphatic carbocycles. The topological polar surface area (TPSA) is 65.7 Å². The molecule has 1 heterocycles. The van der Waals surface area contributed by atoms with E-state index in [1.807, 2.05) is 13.0 Å². The highest BCUT2D eigenvalue weighted by atomic mass is 16.5. The van der Waals surface area contributed by atoms with Gasteiger partial charge in [0.25, 0.3) is 6.47 Å². The van der Waals surface area contributed by atoms with Crippen LogP contribution in [0.1, 0.15) is 5.56 Å².